The molecular weight excluding hydrogens is 308 g/mol. The number of halogens is 1. The second kappa shape index (κ2) is 5.37. The van der Waals surface area contributed by atoms with Crippen LogP contribution in [0.15, 0.2) is 16.6 Å². The lowest BCUT2D eigenvalue weighted by Gasteiger charge is -2.18. The third-order valence-electron chi connectivity index (χ3n) is 2.43. The number of sulfonamides is 1. The smallest absolute Gasteiger partial charge is 0.260 e. The Balaban J connectivity index is 2.34. The van der Waals surface area contributed by atoms with E-state index in [0.717, 1.165) is 0 Å². The SMILES string of the molecule is CC(CN(C)C)NS(=O)(=O)c1c(Cl)nc2sccn12. The Hall–Kier alpha value is -0.670. The van der Waals surface area contributed by atoms with Crippen LogP contribution in [0.2, 0.25) is 5.15 Å². The highest BCUT2D eigenvalue weighted by atomic mass is 35.5. The maximum atomic E-state index is 12.3. The number of nitrogens with zero attached hydrogens (tertiary/aromatic N) is 3. The molecule has 0 aliphatic carbocycles. The summed E-state index contributed by atoms with van der Waals surface area (Å²) in [6.45, 7) is 2.40. The maximum Gasteiger partial charge on any atom is 0.260 e. The Labute approximate surface area is 121 Å². The zero-order chi connectivity index (χ0) is 14.2. The van der Waals surface area contributed by atoms with E-state index < -0.39 is 10.0 Å². The van der Waals surface area contributed by atoms with Crippen LogP contribution in [-0.2, 0) is 10.0 Å². The van der Waals surface area contributed by atoms with E-state index in [1.54, 1.807) is 18.5 Å². The number of aromatic nitrogens is 2. The molecule has 1 N–H and O–H groups in total. The first-order chi connectivity index (χ1) is 8.81. The molecule has 0 saturated heterocycles. The molecular formula is C10H15ClN4O2S2. The van der Waals surface area contributed by atoms with E-state index in [9.17, 15) is 8.42 Å². The average molecular weight is 323 g/mol. The summed E-state index contributed by atoms with van der Waals surface area (Å²) in [6, 6.07) is -0.222. The fourth-order valence-electron chi connectivity index (χ4n) is 1.88. The normalized spacial score (nSPS) is 14.4. The lowest BCUT2D eigenvalue weighted by Crippen LogP contribution is -2.39. The van der Waals surface area contributed by atoms with Crippen LogP contribution in [0.5, 0.6) is 0 Å². The van der Waals surface area contributed by atoms with Gasteiger partial charge in [-0.1, -0.05) is 11.6 Å². The second-order valence-corrected chi connectivity index (χ2v) is 7.41. The summed E-state index contributed by atoms with van der Waals surface area (Å²) in [5.41, 5.74) is 0. The zero-order valence-electron chi connectivity index (χ0n) is 10.8. The van der Waals surface area contributed by atoms with Crippen molar-refractivity contribution in [1.29, 1.82) is 0 Å². The van der Waals surface area contributed by atoms with E-state index >= 15 is 0 Å². The first-order valence-corrected chi connectivity index (χ1v) is 8.33. The van der Waals surface area contributed by atoms with Crippen molar-refractivity contribution in [1.82, 2.24) is 19.0 Å². The van der Waals surface area contributed by atoms with Crippen molar-refractivity contribution >= 4 is 37.9 Å². The Morgan fingerprint density at radius 3 is 2.89 bits per heavy atom. The third-order valence-corrected chi connectivity index (χ3v) is 5.17. The number of nitrogens with one attached hydrogen (secondary N) is 1. The quantitative estimate of drug-likeness (QED) is 0.900. The molecule has 0 bridgehead atoms. The fourth-order valence-corrected chi connectivity index (χ4v) is 4.57. The number of hydrogen-bond donors (Lipinski definition) is 1. The van der Waals surface area contributed by atoms with Gasteiger partial charge in [-0.25, -0.2) is 18.1 Å². The van der Waals surface area contributed by atoms with Gasteiger partial charge in [0.15, 0.2) is 15.1 Å². The summed E-state index contributed by atoms with van der Waals surface area (Å²) in [5.74, 6) is 0. The van der Waals surface area contributed by atoms with E-state index in [1.807, 2.05) is 19.0 Å². The molecule has 9 heteroatoms. The molecule has 19 heavy (non-hydrogen) atoms. The van der Waals surface area contributed by atoms with Gasteiger partial charge in [-0.15, -0.1) is 11.3 Å². The first-order valence-electron chi connectivity index (χ1n) is 5.59. The van der Waals surface area contributed by atoms with E-state index in [2.05, 4.69) is 9.71 Å². The highest BCUT2D eigenvalue weighted by Crippen LogP contribution is 2.25. The van der Waals surface area contributed by atoms with E-state index in [-0.39, 0.29) is 16.2 Å². The molecule has 0 aliphatic rings. The van der Waals surface area contributed by atoms with Crippen LogP contribution in [0.25, 0.3) is 4.96 Å². The molecule has 2 aromatic heterocycles. The van der Waals surface area contributed by atoms with Crippen LogP contribution in [0.4, 0.5) is 0 Å². The lowest BCUT2D eigenvalue weighted by molar-refractivity contribution is 0.370. The molecule has 0 fully saturated rings. The number of hydrogen-bond acceptors (Lipinski definition) is 5. The number of likely N-dealkylation sites (N-methyl/N-ethyl adjacent to an activating group) is 1. The molecule has 0 radical (unpaired) electrons. The van der Waals surface area contributed by atoms with Crippen LogP contribution >= 0.6 is 22.9 Å². The van der Waals surface area contributed by atoms with Crippen molar-refractivity contribution in [3.63, 3.8) is 0 Å². The molecule has 2 heterocycles. The molecule has 106 valence electrons. The summed E-state index contributed by atoms with van der Waals surface area (Å²) < 4.78 is 28.8. The van der Waals surface area contributed by atoms with Gasteiger partial charge in [0.2, 0.25) is 0 Å². The molecule has 0 saturated carbocycles. The van der Waals surface area contributed by atoms with Gasteiger partial charge < -0.3 is 4.90 Å². The largest absolute Gasteiger partial charge is 0.308 e. The summed E-state index contributed by atoms with van der Waals surface area (Å²) in [4.78, 5) is 6.49. The minimum Gasteiger partial charge on any atom is -0.308 e. The molecule has 0 aromatic carbocycles. The predicted molar refractivity (Wildman–Crippen MR) is 76.4 cm³/mol. The number of thiazole rings is 1. The van der Waals surface area contributed by atoms with Gasteiger partial charge in [-0.2, -0.15) is 0 Å². The van der Waals surface area contributed by atoms with Crippen molar-refractivity contribution in [2.75, 3.05) is 20.6 Å². The van der Waals surface area contributed by atoms with Gasteiger partial charge in [-0.05, 0) is 21.0 Å². The standard InChI is InChI=1S/C10H15ClN4O2S2/c1-7(6-14(2)3)13-19(16,17)9-8(11)12-10-15(9)4-5-18-10/h4-5,7,13H,6H2,1-3H3. The lowest BCUT2D eigenvalue weighted by atomic mass is 10.3. The fraction of sp³-hybridized carbons (Fsp3) is 0.500. The molecule has 2 rings (SSSR count). The van der Waals surface area contributed by atoms with E-state index in [1.165, 1.54) is 15.7 Å². The molecule has 1 unspecified atom stereocenters. The molecule has 0 spiro atoms. The topological polar surface area (TPSA) is 66.7 Å². The number of rotatable bonds is 5. The van der Waals surface area contributed by atoms with Gasteiger partial charge in [0, 0.05) is 24.2 Å². The van der Waals surface area contributed by atoms with Crippen molar-refractivity contribution in [2.24, 2.45) is 0 Å². The van der Waals surface area contributed by atoms with Crippen molar-refractivity contribution in [2.45, 2.75) is 18.0 Å². The highest BCUT2D eigenvalue weighted by Gasteiger charge is 2.26. The van der Waals surface area contributed by atoms with Crippen molar-refractivity contribution in [3.05, 3.63) is 16.7 Å². The van der Waals surface area contributed by atoms with Crippen LogP contribution in [0, 0.1) is 0 Å². The van der Waals surface area contributed by atoms with Crippen LogP contribution in [-0.4, -0.2) is 49.4 Å². The zero-order valence-corrected chi connectivity index (χ0v) is 13.2. The number of fused-ring (bicyclic) bond motifs is 1. The molecule has 1 atom stereocenters. The van der Waals surface area contributed by atoms with Gasteiger partial charge in [0.25, 0.3) is 10.0 Å². The van der Waals surface area contributed by atoms with Gasteiger partial charge in [-0.3, -0.25) is 4.40 Å². The average Bonchev–Trinajstić information content (AvgIpc) is 2.72. The molecule has 0 aliphatic heterocycles. The number of imidazole rings is 1. The maximum absolute atomic E-state index is 12.3. The van der Waals surface area contributed by atoms with Gasteiger partial charge in [0.1, 0.15) is 0 Å². The van der Waals surface area contributed by atoms with Crippen molar-refractivity contribution in [3.8, 4) is 0 Å². The Morgan fingerprint density at radius 1 is 1.58 bits per heavy atom. The van der Waals surface area contributed by atoms with Crippen molar-refractivity contribution < 1.29 is 8.42 Å². The second-order valence-electron chi connectivity index (χ2n) is 4.55. The Kier molecular flexibility index (Phi) is 4.17. The Bertz CT molecular complexity index is 677. The first kappa shape index (κ1) is 14.7. The van der Waals surface area contributed by atoms with E-state index in [4.69, 9.17) is 11.6 Å². The molecule has 2 aromatic rings. The summed E-state index contributed by atoms with van der Waals surface area (Å²) in [7, 11) is 0.0748. The van der Waals surface area contributed by atoms with Crippen LogP contribution in [0.1, 0.15) is 6.92 Å². The highest BCUT2D eigenvalue weighted by molar-refractivity contribution is 7.89. The van der Waals surface area contributed by atoms with Gasteiger partial charge in [0.05, 0.1) is 0 Å². The minimum atomic E-state index is -3.69. The Morgan fingerprint density at radius 2 is 2.26 bits per heavy atom. The van der Waals surface area contributed by atoms with E-state index in [0.29, 0.717) is 11.5 Å². The molecule has 6 nitrogen and oxygen atoms in total. The monoisotopic (exact) mass is 322 g/mol. The minimum absolute atomic E-state index is 0.00333. The predicted octanol–water partition coefficient (Wildman–Crippen LogP) is 1.28. The van der Waals surface area contributed by atoms with Crippen LogP contribution in [0.3, 0.4) is 0 Å². The third kappa shape index (κ3) is 3.09. The molecule has 0 amide bonds. The summed E-state index contributed by atoms with van der Waals surface area (Å²) >= 11 is 7.26. The van der Waals surface area contributed by atoms with Crippen LogP contribution < -0.4 is 4.72 Å². The summed E-state index contributed by atoms with van der Waals surface area (Å²) in [6.07, 6.45) is 1.64. The summed E-state index contributed by atoms with van der Waals surface area (Å²) in [5, 5.41) is 1.76. The van der Waals surface area contributed by atoms with Gasteiger partial charge >= 0.3 is 0 Å².